The Bertz CT molecular complexity index is 255. The third-order valence-electron chi connectivity index (χ3n) is 1.12. The van der Waals surface area contributed by atoms with E-state index in [0.717, 1.165) is 0 Å². The van der Waals surface area contributed by atoms with Crippen LogP contribution >= 0.6 is 11.3 Å². The fourth-order valence-corrected chi connectivity index (χ4v) is 1.39. The van der Waals surface area contributed by atoms with Gasteiger partial charge in [-0.2, -0.15) is 0 Å². The molecule has 1 rings (SSSR count). The summed E-state index contributed by atoms with van der Waals surface area (Å²) in [5.74, 6) is -0.464. The maximum atomic E-state index is 10.5. The van der Waals surface area contributed by atoms with Gasteiger partial charge >= 0.3 is 5.97 Å². The Balaban J connectivity index is 0.000000671. The number of rotatable bonds is 3. The molecule has 0 aliphatic heterocycles. The predicted molar refractivity (Wildman–Crippen MR) is 53.8 cm³/mol. The van der Waals surface area contributed by atoms with Crippen LogP contribution in [0.1, 0.15) is 30.4 Å². The molecular formula is C9H14O3S. The molecule has 0 fully saturated rings. The third kappa shape index (κ3) is 3.46. The molecule has 0 aliphatic rings. The smallest absolute Gasteiger partial charge is 0.349 e. The lowest BCUT2D eigenvalue weighted by molar-refractivity contribution is 0.0698. The van der Waals surface area contributed by atoms with Gasteiger partial charge in [-0.15, -0.1) is 11.3 Å². The van der Waals surface area contributed by atoms with Crippen molar-refractivity contribution < 1.29 is 14.6 Å². The largest absolute Gasteiger partial charge is 0.492 e. The zero-order valence-electron chi connectivity index (χ0n) is 8.03. The molecule has 4 heteroatoms. The van der Waals surface area contributed by atoms with E-state index in [9.17, 15) is 4.79 Å². The van der Waals surface area contributed by atoms with Gasteiger partial charge < -0.3 is 9.84 Å². The van der Waals surface area contributed by atoms with Crippen molar-refractivity contribution in [3.05, 3.63) is 16.3 Å². The number of hydrogen-bond acceptors (Lipinski definition) is 3. The number of hydrogen-bond donors (Lipinski definition) is 1. The van der Waals surface area contributed by atoms with Gasteiger partial charge in [-0.05, 0) is 18.4 Å². The lowest BCUT2D eigenvalue weighted by atomic mass is 10.4. The van der Waals surface area contributed by atoms with E-state index in [2.05, 4.69) is 0 Å². The van der Waals surface area contributed by atoms with Crippen molar-refractivity contribution in [1.82, 2.24) is 0 Å². The highest BCUT2D eigenvalue weighted by atomic mass is 32.1. The first kappa shape index (κ1) is 12.0. The number of thiophene rings is 1. The number of aromatic carboxylic acids is 1. The van der Waals surface area contributed by atoms with Crippen molar-refractivity contribution in [1.29, 1.82) is 0 Å². The molecule has 0 saturated heterocycles. The van der Waals surface area contributed by atoms with E-state index in [1.807, 2.05) is 20.8 Å². The van der Waals surface area contributed by atoms with Gasteiger partial charge in [0.05, 0.1) is 6.61 Å². The van der Waals surface area contributed by atoms with Gasteiger partial charge in [-0.3, -0.25) is 0 Å². The van der Waals surface area contributed by atoms with Crippen molar-refractivity contribution >= 4 is 17.3 Å². The van der Waals surface area contributed by atoms with Crippen LogP contribution in [0.25, 0.3) is 0 Å². The minimum absolute atomic E-state index is 0.270. The van der Waals surface area contributed by atoms with Crippen LogP contribution in [0.15, 0.2) is 11.4 Å². The Kier molecular flexibility index (Phi) is 5.97. The second-order valence-corrected chi connectivity index (χ2v) is 2.77. The highest BCUT2D eigenvalue weighted by Crippen LogP contribution is 2.24. The molecule has 0 unspecified atom stereocenters. The highest BCUT2D eigenvalue weighted by molar-refractivity contribution is 7.12. The zero-order chi connectivity index (χ0) is 10.3. The van der Waals surface area contributed by atoms with E-state index in [0.29, 0.717) is 12.4 Å². The monoisotopic (exact) mass is 202 g/mol. The minimum atomic E-state index is -0.927. The number of ether oxygens (including phenoxy) is 1. The van der Waals surface area contributed by atoms with Gasteiger partial charge in [0.2, 0.25) is 0 Å². The standard InChI is InChI=1S/C7H8O3S.C2H6/c1-2-10-5-3-4-11-6(5)7(8)9;1-2/h3-4H,2H2,1H3,(H,8,9);1-2H3. The summed E-state index contributed by atoms with van der Waals surface area (Å²) in [5, 5.41) is 10.3. The molecule has 1 aromatic heterocycles. The molecule has 13 heavy (non-hydrogen) atoms. The van der Waals surface area contributed by atoms with E-state index in [4.69, 9.17) is 9.84 Å². The van der Waals surface area contributed by atoms with Gasteiger partial charge in [0.1, 0.15) is 5.75 Å². The summed E-state index contributed by atoms with van der Waals surface area (Å²) in [6.07, 6.45) is 0. The predicted octanol–water partition coefficient (Wildman–Crippen LogP) is 2.87. The Labute approximate surface area is 82.0 Å². The Hall–Kier alpha value is -1.03. The van der Waals surface area contributed by atoms with Gasteiger partial charge in [-0.1, -0.05) is 13.8 Å². The quantitative estimate of drug-likeness (QED) is 0.819. The van der Waals surface area contributed by atoms with Crippen molar-refractivity contribution in [2.45, 2.75) is 20.8 Å². The molecule has 1 aromatic rings. The molecular weight excluding hydrogens is 188 g/mol. The SMILES string of the molecule is CC.CCOc1ccsc1C(=O)O. The normalized spacial score (nSPS) is 8.54. The molecule has 1 N–H and O–H groups in total. The van der Waals surface area contributed by atoms with Gasteiger partial charge in [-0.25, -0.2) is 4.79 Å². The zero-order valence-corrected chi connectivity index (χ0v) is 8.85. The van der Waals surface area contributed by atoms with E-state index in [1.165, 1.54) is 11.3 Å². The molecule has 0 aliphatic carbocycles. The number of carboxylic acids is 1. The fraction of sp³-hybridized carbons (Fsp3) is 0.444. The first-order valence-corrected chi connectivity index (χ1v) is 5.07. The van der Waals surface area contributed by atoms with E-state index in [-0.39, 0.29) is 4.88 Å². The van der Waals surface area contributed by atoms with Crippen LogP contribution in [0.2, 0.25) is 0 Å². The lowest BCUT2D eigenvalue weighted by Crippen LogP contribution is -1.98. The Morgan fingerprint density at radius 2 is 2.23 bits per heavy atom. The van der Waals surface area contributed by atoms with Crippen LogP contribution in [0.5, 0.6) is 5.75 Å². The first-order valence-electron chi connectivity index (χ1n) is 4.19. The van der Waals surface area contributed by atoms with Crippen molar-refractivity contribution in [2.24, 2.45) is 0 Å². The van der Waals surface area contributed by atoms with Gasteiger partial charge in [0.25, 0.3) is 0 Å². The van der Waals surface area contributed by atoms with Gasteiger partial charge in [0.15, 0.2) is 4.88 Å². The molecule has 0 spiro atoms. The summed E-state index contributed by atoms with van der Waals surface area (Å²) < 4.78 is 5.07. The summed E-state index contributed by atoms with van der Waals surface area (Å²) in [7, 11) is 0. The van der Waals surface area contributed by atoms with Crippen LogP contribution < -0.4 is 4.74 Å². The maximum Gasteiger partial charge on any atom is 0.349 e. The van der Waals surface area contributed by atoms with Crippen LogP contribution in [0.4, 0.5) is 0 Å². The highest BCUT2D eigenvalue weighted by Gasteiger charge is 2.11. The summed E-state index contributed by atoms with van der Waals surface area (Å²) in [4.78, 5) is 10.8. The minimum Gasteiger partial charge on any atom is -0.492 e. The molecule has 74 valence electrons. The number of carbonyl (C=O) groups is 1. The molecule has 1 heterocycles. The molecule has 0 saturated carbocycles. The third-order valence-corrected chi connectivity index (χ3v) is 2.01. The average Bonchev–Trinajstić information content (AvgIpc) is 2.57. The van der Waals surface area contributed by atoms with E-state index < -0.39 is 5.97 Å². The first-order chi connectivity index (χ1) is 6.25. The fourth-order valence-electron chi connectivity index (χ4n) is 0.723. The summed E-state index contributed by atoms with van der Waals surface area (Å²) in [6.45, 7) is 6.32. The van der Waals surface area contributed by atoms with Crippen molar-refractivity contribution in [3.63, 3.8) is 0 Å². The Morgan fingerprint density at radius 1 is 1.62 bits per heavy atom. The molecule has 0 atom stereocenters. The maximum absolute atomic E-state index is 10.5. The summed E-state index contributed by atoms with van der Waals surface area (Å²) >= 11 is 1.17. The van der Waals surface area contributed by atoms with Gasteiger partial charge in [0, 0.05) is 0 Å². The van der Waals surface area contributed by atoms with Crippen LogP contribution in [0, 0.1) is 0 Å². The summed E-state index contributed by atoms with van der Waals surface area (Å²) in [5.41, 5.74) is 0. The topological polar surface area (TPSA) is 46.5 Å². The average molecular weight is 202 g/mol. The molecule has 0 bridgehead atoms. The Morgan fingerprint density at radius 3 is 2.69 bits per heavy atom. The van der Waals surface area contributed by atoms with Crippen LogP contribution in [-0.4, -0.2) is 17.7 Å². The van der Waals surface area contributed by atoms with E-state index >= 15 is 0 Å². The van der Waals surface area contributed by atoms with E-state index in [1.54, 1.807) is 11.4 Å². The molecule has 0 amide bonds. The second-order valence-electron chi connectivity index (χ2n) is 1.85. The molecule has 3 nitrogen and oxygen atoms in total. The lowest BCUT2D eigenvalue weighted by Gasteiger charge is -1.99. The number of carboxylic acid groups (broad SMARTS) is 1. The van der Waals surface area contributed by atoms with Crippen molar-refractivity contribution in [2.75, 3.05) is 6.61 Å². The van der Waals surface area contributed by atoms with Crippen LogP contribution in [0.3, 0.4) is 0 Å². The second kappa shape index (κ2) is 6.48. The van der Waals surface area contributed by atoms with Crippen LogP contribution in [-0.2, 0) is 0 Å². The summed E-state index contributed by atoms with van der Waals surface area (Å²) in [6, 6.07) is 1.66. The molecule has 0 radical (unpaired) electrons. The molecule has 0 aromatic carbocycles. The van der Waals surface area contributed by atoms with Crippen molar-refractivity contribution in [3.8, 4) is 5.75 Å².